The maximum absolute atomic E-state index is 12.4. The van der Waals surface area contributed by atoms with E-state index in [2.05, 4.69) is 26.0 Å². The van der Waals surface area contributed by atoms with Gasteiger partial charge in [-0.25, -0.2) is 4.79 Å². The van der Waals surface area contributed by atoms with Crippen LogP contribution < -0.4 is 4.74 Å². The second-order valence-electron chi connectivity index (χ2n) is 6.55. The minimum atomic E-state index is -0.313. The summed E-state index contributed by atoms with van der Waals surface area (Å²) in [6, 6.07) is 6.08. The quantitative estimate of drug-likeness (QED) is 0.821. The molecular formula is C19H28N2O4. The van der Waals surface area contributed by atoms with Crippen molar-refractivity contribution < 1.29 is 19.1 Å². The van der Waals surface area contributed by atoms with Crippen molar-refractivity contribution in [2.24, 2.45) is 0 Å². The highest BCUT2D eigenvalue weighted by Gasteiger charge is 2.25. The number of hydrogen-bond donors (Lipinski definition) is 0. The van der Waals surface area contributed by atoms with Crippen molar-refractivity contribution in [3.05, 3.63) is 29.3 Å². The molecule has 0 aliphatic carbocycles. The largest absolute Gasteiger partial charge is 0.483 e. The first-order chi connectivity index (χ1) is 11.9. The van der Waals surface area contributed by atoms with Gasteiger partial charge in [-0.1, -0.05) is 26.0 Å². The predicted octanol–water partition coefficient (Wildman–Crippen LogP) is 2.80. The van der Waals surface area contributed by atoms with E-state index < -0.39 is 0 Å². The molecule has 138 valence electrons. The Morgan fingerprint density at radius 3 is 2.36 bits per heavy atom. The van der Waals surface area contributed by atoms with Gasteiger partial charge in [-0.05, 0) is 37.0 Å². The van der Waals surface area contributed by atoms with E-state index in [-0.39, 0.29) is 18.6 Å². The Hall–Kier alpha value is -2.24. The summed E-state index contributed by atoms with van der Waals surface area (Å²) in [5.74, 6) is 1.05. The molecule has 1 aliphatic rings. The number of amides is 2. The highest BCUT2D eigenvalue weighted by atomic mass is 16.6. The van der Waals surface area contributed by atoms with Gasteiger partial charge in [-0.15, -0.1) is 0 Å². The maximum atomic E-state index is 12.4. The molecule has 0 saturated carbocycles. The van der Waals surface area contributed by atoms with Crippen LogP contribution in [-0.2, 0) is 9.53 Å². The van der Waals surface area contributed by atoms with Gasteiger partial charge in [0.25, 0.3) is 5.91 Å². The average molecular weight is 348 g/mol. The molecule has 0 unspecified atom stereocenters. The molecule has 25 heavy (non-hydrogen) atoms. The highest BCUT2D eigenvalue weighted by Crippen LogP contribution is 2.27. The normalized spacial score (nSPS) is 14.6. The Kier molecular flexibility index (Phi) is 6.67. The van der Waals surface area contributed by atoms with Gasteiger partial charge < -0.3 is 19.3 Å². The summed E-state index contributed by atoms with van der Waals surface area (Å²) in [5.41, 5.74) is 2.21. The fourth-order valence-corrected chi connectivity index (χ4v) is 2.83. The van der Waals surface area contributed by atoms with E-state index in [0.717, 1.165) is 16.9 Å². The zero-order valence-electron chi connectivity index (χ0n) is 15.6. The Balaban J connectivity index is 1.88. The number of carbonyl (C=O) groups is 2. The summed E-state index contributed by atoms with van der Waals surface area (Å²) in [7, 11) is 0. The summed E-state index contributed by atoms with van der Waals surface area (Å²) in [4.78, 5) is 27.5. The molecule has 2 amide bonds. The number of aryl methyl sites for hydroxylation is 1. The van der Waals surface area contributed by atoms with Gasteiger partial charge in [0, 0.05) is 26.2 Å². The van der Waals surface area contributed by atoms with Crippen molar-refractivity contribution in [1.82, 2.24) is 9.80 Å². The molecule has 1 aliphatic heterocycles. The number of piperazine rings is 1. The van der Waals surface area contributed by atoms with Crippen molar-refractivity contribution >= 4 is 12.0 Å². The maximum Gasteiger partial charge on any atom is 0.409 e. The molecule has 6 nitrogen and oxygen atoms in total. The molecule has 2 rings (SSSR count). The number of rotatable bonds is 5. The molecule has 6 heteroatoms. The second kappa shape index (κ2) is 8.74. The van der Waals surface area contributed by atoms with Crippen LogP contribution in [0.3, 0.4) is 0 Å². The van der Waals surface area contributed by atoms with Crippen molar-refractivity contribution in [2.45, 2.75) is 33.6 Å². The van der Waals surface area contributed by atoms with Crippen LogP contribution in [0.1, 0.15) is 37.8 Å². The number of carbonyl (C=O) groups excluding carboxylic acids is 2. The highest BCUT2D eigenvalue weighted by molar-refractivity contribution is 5.78. The van der Waals surface area contributed by atoms with Gasteiger partial charge in [0.05, 0.1) is 6.61 Å². The van der Waals surface area contributed by atoms with Gasteiger partial charge >= 0.3 is 6.09 Å². The third-order valence-electron chi connectivity index (χ3n) is 4.30. The van der Waals surface area contributed by atoms with Gasteiger partial charge in [-0.2, -0.15) is 0 Å². The molecule has 0 N–H and O–H groups in total. The number of ether oxygens (including phenoxy) is 2. The van der Waals surface area contributed by atoms with E-state index in [1.807, 2.05) is 13.0 Å². The summed E-state index contributed by atoms with van der Waals surface area (Å²) in [6.45, 7) is 10.4. The first-order valence-electron chi connectivity index (χ1n) is 8.85. The van der Waals surface area contributed by atoms with Gasteiger partial charge in [0.15, 0.2) is 6.61 Å². The van der Waals surface area contributed by atoms with Crippen LogP contribution in [-0.4, -0.2) is 61.2 Å². The molecule has 0 atom stereocenters. The second-order valence-corrected chi connectivity index (χ2v) is 6.55. The topological polar surface area (TPSA) is 59.1 Å². The Morgan fingerprint density at radius 2 is 1.76 bits per heavy atom. The molecule has 1 aromatic rings. The SMILES string of the molecule is CCOC(=O)N1CCN(C(=O)COc2cc(C)ccc2C(C)C)CC1. The first kappa shape index (κ1) is 19.1. The lowest BCUT2D eigenvalue weighted by Gasteiger charge is -2.34. The fraction of sp³-hybridized carbons (Fsp3) is 0.579. The lowest BCUT2D eigenvalue weighted by atomic mass is 10.0. The van der Waals surface area contributed by atoms with E-state index in [4.69, 9.17) is 9.47 Å². The molecule has 1 aromatic carbocycles. The monoisotopic (exact) mass is 348 g/mol. The number of hydrogen-bond acceptors (Lipinski definition) is 4. The lowest BCUT2D eigenvalue weighted by Crippen LogP contribution is -2.51. The minimum Gasteiger partial charge on any atom is -0.483 e. The summed E-state index contributed by atoms with van der Waals surface area (Å²) < 4.78 is 10.8. The van der Waals surface area contributed by atoms with Crippen LogP contribution in [0.15, 0.2) is 18.2 Å². The van der Waals surface area contributed by atoms with Crippen LogP contribution >= 0.6 is 0 Å². The average Bonchev–Trinajstić information content (AvgIpc) is 2.59. The van der Waals surface area contributed by atoms with Crippen LogP contribution in [0, 0.1) is 6.92 Å². The number of nitrogens with zero attached hydrogens (tertiary/aromatic N) is 2. The summed E-state index contributed by atoms with van der Waals surface area (Å²) in [6.07, 6.45) is -0.313. The van der Waals surface area contributed by atoms with E-state index in [1.165, 1.54) is 0 Å². The minimum absolute atomic E-state index is 0.0164. The molecule has 0 spiro atoms. The van der Waals surface area contributed by atoms with Gasteiger partial charge in [0.2, 0.25) is 0 Å². The van der Waals surface area contributed by atoms with Gasteiger partial charge in [-0.3, -0.25) is 4.79 Å². The molecule has 1 heterocycles. The van der Waals surface area contributed by atoms with E-state index >= 15 is 0 Å². The predicted molar refractivity (Wildman–Crippen MR) is 95.9 cm³/mol. The zero-order chi connectivity index (χ0) is 18.4. The van der Waals surface area contributed by atoms with E-state index in [1.54, 1.807) is 16.7 Å². The molecule has 1 saturated heterocycles. The van der Waals surface area contributed by atoms with Crippen molar-refractivity contribution in [3.8, 4) is 5.75 Å². The van der Waals surface area contributed by atoms with Crippen LogP contribution in [0.25, 0.3) is 0 Å². The Labute approximate surface area is 149 Å². The third kappa shape index (κ3) is 5.11. The van der Waals surface area contributed by atoms with Crippen molar-refractivity contribution in [2.75, 3.05) is 39.4 Å². The standard InChI is InChI=1S/C19H28N2O4/c1-5-24-19(23)21-10-8-20(9-11-21)18(22)13-25-17-12-15(4)6-7-16(17)14(2)3/h6-7,12,14H,5,8-11,13H2,1-4H3. The summed E-state index contributed by atoms with van der Waals surface area (Å²) >= 11 is 0. The third-order valence-corrected chi connectivity index (χ3v) is 4.30. The van der Waals surface area contributed by atoms with Crippen LogP contribution in [0.5, 0.6) is 5.75 Å². The summed E-state index contributed by atoms with van der Waals surface area (Å²) in [5, 5.41) is 0. The van der Waals surface area contributed by atoms with Crippen LogP contribution in [0.4, 0.5) is 4.79 Å². The molecule has 0 bridgehead atoms. The molecule has 1 fully saturated rings. The number of benzene rings is 1. The smallest absolute Gasteiger partial charge is 0.409 e. The van der Waals surface area contributed by atoms with Gasteiger partial charge in [0.1, 0.15) is 5.75 Å². The fourth-order valence-electron chi connectivity index (χ4n) is 2.83. The zero-order valence-corrected chi connectivity index (χ0v) is 15.6. The molecule has 0 radical (unpaired) electrons. The lowest BCUT2D eigenvalue weighted by molar-refractivity contribution is -0.135. The Morgan fingerprint density at radius 1 is 1.12 bits per heavy atom. The first-order valence-corrected chi connectivity index (χ1v) is 8.85. The van der Waals surface area contributed by atoms with E-state index in [0.29, 0.717) is 38.7 Å². The van der Waals surface area contributed by atoms with Crippen molar-refractivity contribution in [3.63, 3.8) is 0 Å². The van der Waals surface area contributed by atoms with Crippen molar-refractivity contribution in [1.29, 1.82) is 0 Å². The van der Waals surface area contributed by atoms with Crippen LogP contribution in [0.2, 0.25) is 0 Å². The van der Waals surface area contributed by atoms with E-state index in [9.17, 15) is 9.59 Å². The molecular weight excluding hydrogens is 320 g/mol. The molecule has 0 aromatic heterocycles. The Bertz CT molecular complexity index is 607.